The number of hydrogen-bond acceptors (Lipinski definition) is 5. The highest BCUT2D eigenvalue weighted by molar-refractivity contribution is 5.90. The van der Waals surface area contributed by atoms with Crippen molar-refractivity contribution in [2.45, 2.75) is 45.3 Å². The van der Waals surface area contributed by atoms with Gasteiger partial charge in [-0.1, -0.05) is 35.9 Å². The fraction of sp³-hybridized carbons (Fsp3) is 0.321. The quantitative estimate of drug-likeness (QED) is 0.434. The summed E-state index contributed by atoms with van der Waals surface area (Å²) in [7, 11) is 1.62. The zero-order chi connectivity index (χ0) is 24.2. The molecule has 0 N–H and O–H groups in total. The summed E-state index contributed by atoms with van der Waals surface area (Å²) in [6.45, 7) is 7.69. The SMILES string of the molecule is C=C(C)CCC(=O)N1CC(Oc2cc(-c3ccccc3)nc3cc(OC)ccc23)CC1C(C)=O. The van der Waals surface area contributed by atoms with Gasteiger partial charge in [0.2, 0.25) is 5.91 Å². The largest absolute Gasteiger partial charge is 0.497 e. The molecule has 2 unspecified atom stereocenters. The van der Waals surface area contributed by atoms with E-state index in [9.17, 15) is 9.59 Å². The molecule has 1 aliphatic rings. The number of fused-ring (bicyclic) bond motifs is 1. The third kappa shape index (κ3) is 5.11. The van der Waals surface area contributed by atoms with Crippen LogP contribution in [0.5, 0.6) is 11.5 Å². The van der Waals surface area contributed by atoms with Crippen molar-refractivity contribution in [2.24, 2.45) is 0 Å². The molecule has 1 fully saturated rings. The van der Waals surface area contributed by atoms with Crippen molar-refractivity contribution < 1.29 is 19.1 Å². The van der Waals surface area contributed by atoms with E-state index in [2.05, 4.69) is 6.58 Å². The number of methoxy groups -OCH3 is 1. The van der Waals surface area contributed by atoms with Crippen LogP contribution in [-0.2, 0) is 9.59 Å². The first-order valence-corrected chi connectivity index (χ1v) is 11.5. The third-order valence-corrected chi connectivity index (χ3v) is 6.16. The maximum Gasteiger partial charge on any atom is 0.223 e. The van der Waals surface area contributed by atoms with Crippen LogP contribution in [0.3, 0.4) is 0 Å². The summed E-state index contributed by atoms with van der Waals surface area (Å²) < 4.78 is 11.9. The summed E-state index contributed by atoms with van der Waals surface area (Å²) in [5.74, 6) is 1.32. The molecular formula is C28H30N2O4. The molecule has 0 bridgehead atoms. The predicted molar refractivity (Wildman–Crippen MR) is 133 cm³/mol. The highest BCUT2D eigenvalue weighted by atomic mass is 16.5. The Balaban J connectivity index is 1.66. The van der Waals surface area contributed by atoms with Crippen molar-refractivity contribution in [1.29, 1.82) is 0 Å². The number of nitrogens with zero attached hydrogens (tertiary/aromatic N) is 2. The second kappa shape index (κ2) is 10.1. The fourth-order valence-corrected chi connectivity index (χ4v) is 4.34. The molecule has 6 nitrogen and oxygen atoms in total. The van der Waals surface area contributed by atoms with E-state index in [1.165, 1.54) is 6.92 Å². The molecule has 1 saturated heterocycles. The first-order valence-electron chi connectivity index (χ1n) is 11.5. The first kappa shape index (κ1) is 23.5. The van der Waals surface area contributed by atoms with Gasteiger partial charge < -0.3 is 14.4 Å². The summed E-state index contributed by atoms with van der Waals surface area (Å²) in [6, 6.07) is 17.1. The monoisotopic (exact) mass is 458 g/mol. The maximum atomic E-state index is 12.8. The van der Waals surface area contributed by atoms with Crippen LogP contribution in [0.1, 0.15) is 33.1 Å². The summed E-state index contributed by atoms with van der Waals surface area (Å²) >= 11 is 0. The average molecular weight is 459 g/mol. The lowest BCUT2D eigenvalue weighted by atomic mass is 10.1. The lowest BCUT2D eigenvalue weighted by molar-refractivity contribution is -0.137. The van der Waals surface area contributed by atoms with E-state index in [1.54, 1.807) is 12.0 Å². The van der Waals surface area contributed by atoms with Crippen molar-refractivity contribution >= 4 is 22.6 Å². The van der Waals surface area contributed by atoms with Crippen molar-refractivity contribution in [3.8, 4) is 22.8 Å². The Bertz CT molecular complexity index is 1220. The summed E-state index contributed by atoms with van der Waals surface area (Å²) in [5.41, 5.74) is 3.46. The van der Waals surface area contributed by atoms with Gasteiger partial charge in [0.1, 0.15) is 17.6 Å². The van der Waals surface area contributed by atoms with E-state index in [0.29, 0.717) is 37.3 Å². The number of likely N-dealkylation sites (tertiary alicyclic amines) is 1. The van der Waals surface area contributed by atoms with Gasteiger partial charge in [0.15, 0.2) is 5.78 Å². The molecule has 3 aromatic rings. The zero-order valence-corrected chi connectivity index (χ0v) is 19.9. The Hall–Kier alpha value is -3.67. The van der Waals surface area contributed by atoms with Gasteiger partial charge in [0.05, 0.1) is 30.9 Å². The van der Waals surface area contributed by atoms with E-state index >= 15 is 0 Å². The summed E-state index contributed by atoms with van der Waals surface area (Å²) in [6.07, 6.45) is 1.14. The van der Waals surface area contributed by atoms with Gasteiger partial charge in [-0.3, -0.25) is 9.59 Å². The van der Waals surface area contributed by atoms with Crippen LogP contribution in [0.15, 0.2) is 66.7 Å². The summed E-state index contributed by atoms with van der Waals surface area (Å²) in [5, 5.41) is 0.854. The van der Waals surface area contributed by atoms with Gasteiger partial charge in [-0.05, 0) is 32.4 Å². The molecular weight excluding hydrogens is 428 g/mol. The molecule has 1 amide bonds. The minimum atomic E-state index is -0.468. The van der Waals surface area contributed by atoms with Crippen molar-refractivity contribution in [3.63, 3.8) is 0 Å². The van der Waals surface area contributed by atoms with Crippen LogP contribution < -0.4 is 9.47 Å². The number of aromatic nitrogens is 1. The minimum Gasteiger partial charge on any atom is -0.497 e. The molecule has 1 aliphatic heterocycles. The van der Waals surface area contributed by atoms with Gasteiger partial charge in [-0.2, -0.15) is 0 Å². The van der Waals surface area contributed by atoms with E-state index in [0.717, 1.165) is 27.7 Å². The number of amides is 1. The number of carbonyl (C=O) groups excluding carboxylic acids is 2. The third-order valence-electron chi connectivity index (χ3n) is 6.16. The normalized spacial score (nSPS) is 17.6. The van der Waals surface area contributed by atoms with Gasteiger partial charge in [-0.15, -0.1) is 6.58 Å². The first-order chi connectivity index (χ1) is 16.4. The predicted octanol–water partition coefficient (Wildman–Crippen LogP) is 5.20. The molecule has 6 heteroatoms. The molecule has 2 heterocycles. The Morgan fingerprint density at radius 1 is 1.09 bits per heavy atom. The van der Waals surface area contributed by atoms with Gasteiger partial charge in [-0.25, -0.2) is 4.98 Å². The van der Waals surface area contributed by atoms with Crippen LogP contribution in [0, 0.1) is 0 Å². The molecule has 34 heavy (non-hydrogen) atoms. The molecule has 0 spiro atoms. The lowest BCUT2D eigenvalue weighted by Gasteiger charge is -2.22. The van der Waals surface area contributed by atoms with E-state index < -0.39 is 6.04 Å². The number of allylic oxidation sites excluding steroid dienone is 1. The standard InChI is InChI=1S/C28H30N2O4/c1-18(2)10-13-28(32)30-17-22(15-26(30)19(3)31)34-27-16-24(20-8-6-5-7-9-20)29-25-14-21(33-4)11-12-23(25)27/h5-9,11-12,14,16,22,26H,1,10,13,15,17H2,2-4H3. The summed E-state index contributed by atoms with van der Waals surface area (Å²) in [4.78, 5) is 31.7. The van der Waals surface area contributed by atoms with E-state index in [-0.39, 0.29) is 17.8 Å². The molecule has 1 aromatic heterocycles. The number of ether oxygens (including phenoxy) is 2. The second-order valence-electron chi connectivity index (χ2n) is 8.86. The Morgan fingerprint density at radius 3 is 2.53 bits per heavy atom. The fourth-order valence-electron chi connectivity index (χ4n) is 4.34. The van der Waals surface area contributed by atoms with Gasteiger partial charge in [0, 0.05) is 35.9 Å². The number of Topliss-reactive ketones (excluding diaryl/α,β-unsaturated/α-hetero) is 1. The molecule has 4 rings (SSSR count). The number of carbonyl (C=O) groups is 2. The lowest BCUT2D eigenvalue weighted by Crippen LogP contribution is -2.39. The second-order valence-corrected chi connectivity index (χ2v) is 8.86. The molecule has 0 saturated carbocycles. The number of ketones is 1. The van der Waals surface area contributed by atoms with E-state index in [1.807, 2.05) is 61.5 Å². The Morgan fingerprint density at radius 2 is 1.85 bits per heavy atom. The minimum absolute atomic E-state index is 0.0240. The van der Waals surface area contributed by atoms with Crippen LogP contribution in [0.4, 0.5) is 0 Å². The highest BCUT2D eigenvalue weighted by Crippen LogP contribution is 2.34. The number of rotatable bonds is 8. The zero-order valence-electron chi connectivity index (χ0n) is 19.9. The van der Waals surface area contributed by atoms with Crippen molar-refractivity contribution in [1.82, 2.24) is 9.88 Å². The number of pyridine rings is 1. The van der Waals surface area contributed by atoms with Crippen LogP contribution in [0.25, 0.3) is 22.2 Å². The number of hydrogen-bond donors (Lipinski definition) is 0. The molecule has 2 atom stereocenters. The maximum absolute atomic E-state index is 12.8. The molecule has 0 radical (unpaired) electrons. The topological polar surface area (TPSA) is 68.7 Å². The van der Waals surface area contributed by atoms with Gasteiger partial charge in [0.25, 0.3) is 0 Å². The van der Waals surface area contributed by atoms with Crippen LogP contribution in [-0.4, -0.2) is 47.4 Å². The molecule has 0 aliphatic carbocycles. The average Bonchev–Trinajstić information content (AvgIpc) is 3.27. The van der Waals surface area contributed by atoms with Crippen molar-refractivity contribution in [2.75, 3.05) is 13.7 Å². The molecule has 2 aromatic carbocycles. The van der Waals surface area contributed by atoms with Crippen molar-refractivity contribution in [3.05, 3.63) is 66.7 Å². The Labute approximate surface area is 200 Å². The Kier molecular flexibility index (Phi) is 6.96. The highest BCUT2D eigenvalue weighted by Gasteiger charge is 2.39. The van der Waals surface area contributed by atoms with E-state index in [4.69, 9.17) is 14.5 Å². The van der Waals surface area contributed by atoms with Crippen LogP contribution >= 0.6 is 0 Å². The van der Waals surface area contributed by atoms with Gasteiger partial charge >= 0.3 is 0 Å². The number of benzene rings is 2. The smallest absolute Gasteiger partial charge is 0.223 e. The van der Waals surface area contributed by atoms with Crippen LogP contribution in [0.2, 0.25) is 0 Å². The molecule has 176 valence electrons.